The SMILES string of the molecule is CCNC(=NCc1ccc(C(=O)N(C)C)cc1)NCCOc1ccccc1C(F)(F)F.I. The van der Waals surface area contributed by atoms with Gasteiger partial charge in [-0.05, 0) is 36.8 Å². The van der Waals surface area contributed by atoms with Gasteiger partial charge in [-0.2, -0.15) is 13.2 Å². The average molecular weight is 564 g/mol. The number of alkyl halides is 3. The van der Waals surface area contributed by atoms with Gasteiger partial charge >= 0.3 is 6.18 Å². The van der Waals surface area contributed by atoms with Crippen molar-refractivity contribution in [2.45, 2.75) is 19.6 Å². The Morgan fingerprint density at radius 1 is 1.06 bits per heavy atom. The lowest BCUT2D eigenvalue weighted by atomic mass is 10.1. The Morgan fingerprint density at radius 2 is 1.72 bits per heavy atom. The van der Waals surface area contributed by atoms with E-state index in [1.165, 1.54) is 23.1 Å². The highest BCUT2D eigenvalue weighted by atomic mass is 127. The highest BCUT2D eigenvalue weighted by Crippen LogP contribution is 2.35. The van der Waals surface area contributed by atoms with Crippen LogP contribution in [0.25, 0.3) is 0 Å². The van der Waals surface area contributed by atoms with Crippen LogP contribution in [0.5, 0.6) is 5.75 Å². The van der Waals surface area contributed by atoms with Crippen molar-refractivity contribution in [3.05, 3.63) is 65.2 Å². The van der Waals surface area contributed by atoms with Crippen LogP contribution < -0.4 is 15.4 Å². The third-order valence-corrected chi connectivity index (χ3v) is 4.22. The molecule has 0 aromatic heterocycles. The monoisotopic (exact) mass is 564 g/mol. The van der Waals surface area contributed by atoms with E-state index in [1.807, 2.05) is 19.1 Å². The molecule has 2 rings (SSSR count). The van der Waals surface area contributed by atoms with Gasteiger partial charge in [0.2, 0.25) is 0 Å². The zero-order chi connectivity index (χ0) is 22.9. The van der Waals surface area contributed by atoms with Gasteiger partial charge in [-0.1, -0.05) is 24.3 Å². The lowest BCUT2D eigenvalue weighted by Gasteiger charge is -2.15. The molecule has 0 unspecified atom stereocenters. The Bertz CT molecular complexity index is 887. The fourth-order valence-corrected chi connectivity index (χ4v) is 2.68. The van der Waals surface area contributed by atoms with Gasteiger partial charge in [0.25, 0.3) is 5.91 Å². The summed E-state index contributed by atoms with van der Waals surface area (Å²) in [5.74, 6) is 0.243. The minimum atomic E-state index is -4.47. The number of nitrogens with zero attached hydrogens (tertiary/aromatic N) is 2. The number of benzene rings is 2. The second-order valence-electron chi connectivity index (χ2n) is 6.86. The first kappa shape index (κ1) is 27.5. The molecule has 0 saturated heterocycles. The van der Waals surface area contributed by atoms with Crippen LogP contribution in [0.3, 0.4) is 0 Å². The van der Waals surface area contributed by atoms with Gasteiger partial charge in [0.15, 0.2) is 5.96 Å². The van der Waals surface area contributed by atoms with E-state index in [4.69, 9.17) is 4.74 Å². The van der Waals surface area contributed by atoms with Crippen LogP contribution in [0.2, 0.25) is 0 Å². The van der Waals surface area contributed by atoms with Crippen LogP contribution in [0.15, 0.2) is 53.5 Å². The predicted molar refractivity (Wildman–Crippen MR) is 130 cm³/mol. The topological polar surface area (TPSA) is 66.0 Å². The molecule has 2 aromatic rings. The number of halogens is 4. The van der Waals surface area contributed by atoms with Gasteiger partial charge in [-0.25, -0.2) is 4.99 Å². The molecular formula is C22H28F3IN4O2. The lowest BCUT2D eigenvalue weighted by Crippen LogP contribution is -2.39. The fraction of sp³-hybridized carbons (Fsp3) is 0.364. The van der Waals surface area contributed by atoms with Gasteiger partial charge in [0.05, 0.1) is 18.7 Å². The highest BCUT2D eigenvalue weighted by Gasteiger charge is 2.33. The standard InChI is InChI=1S/C22H27F3N4O2.HI/c1-4-26-21(28-15-16-9-11-17(12-10-16)20(30)29(2)3)27-13-14-31-19-8-6-5-7-18(19)22(23,24)25;/h5-12H,4,13-15H2,1-3H3,(H2,26,27,28);1H. The van der Waals surface area contributed by atoms with Crippen molar-refractivity contribution in [1.29, 1.82) is 0 Å². The summed E-state index contributed by atoms with van der Waals surface area (Å²) in [5.41, 5.74) is 0.716. The summed E-state index contributed by atoms with van der Waals surface area (Å²) in [5, 5.41) is 6.11. The molecular weight excluding hydrogens is 536 g/mol. The van der Waals surface area contributed by atoms with Gasteiger partial charge < -0.3 is 20.3 Å². The minimum Gasteiger partial charge on any atom is -0.491 e. The van der Waals surface area contributed by atoms with Crippen molar-refractivity contribution in [1.82, 2.24) is 15.5 Å². The van der Waals surface area contributed by atoms with Crippen molar-refractivity contribution < 1.29 is 22.7 Å². The summed E-state index contributed by atoms with van der Waals surface area (Å²) in [7, 11) is 3.39. The number of hydrogen-bond donors (Lipinski definition) is 2. The van der Waals surface area contributed by atoms with Crippen LogP contribution in [0.1, 0.15) is 28.4 Å². The first-order valence-corrected chi connectivity index (χ1v) is 9.84. The normalized spacial score (nSPS) is 11.4. The summed E-state index contributed by atoms with van der Waals surface area (Å²) in [6.07, 6.45) is -4.47. The van der Waals surface area contributed by atoms with Crippen LogP contribution in [0.4, 0.5) is 13.2 Å². The summed E-state index contributed by atoms with van der Waals surface area (Å²) < 4.78 is 44.3. The maximum absolute atomic E-state index is 13.0. The number of amides is 1. The van der Waals surface area contributed by atoms with E-state index in [9.17, 15) is 18.0 Å². The van der Waals surface area contributed by atoms with Crippen molar-refractivity contribution >= 4 is 35.8 Å². The van der Waals surface area contributed by atoms with Gasteiger partial charge in [0.1, 0.15) is 12.4 Å². The van der Waals surface area contributed by atoms with E-state index in [0.717, 1.165) is 11.6 Å². The zero-order valence-electron chi connectivity index (χ0n) is 18.2. The van der Waals surface area contributed by atoms with Gasteiger partial charge in [0, 0.05) is 26.2 Å². The number of ether oxygens (including phenoxy) is 1. The molecule has 0 radical (unpaired) electrons. The van der Waals surface area contributed by atoms with Crippen LogP contribution in [-0.2, 0) is 12.7 Å². The third-order valence-electron chi connectivity index (χ3n) is 4.22. The second-order valence-corrected chi connectivity index (χ2v) is 6.86. The Balaban J connectivity index is 0.00000512. The number of rotatable bonds is 8. The molecule has 0 aliphatic carbocycles. The summed E-state index contributed by atoms with van der Waals surface area (Å²) in [4.78, 5) is 17.9. The van der Waals surface area contributed by atoms with Gasteiger partial charge in [-0.15, -0.1) is 24.0 Å². The van der Waals surface area contributed by atoms with Crippen molar-refractivity contribution in [3.63, 3.8) is 0 Å². The van der Waals surface area contributed by atoms with E-state index in [-0.39, 0.29) is 48.8 Å². The number of hydrogen-bond acceptors (Lipinski definition) is 3. The number of carbonyl (C=O) groups is 1. The summed E-state index contributed by atoms with van der Waals surface area (Å²) >= 11 is 0. The Labute approximate surface area is 203 Å². The molecule has 2 N–H and O–H groups in total. The van der Waals surface area contributed by atoms with E-state index in [0.29, 0.717) is 24.6 Å². The van der Waals surface area contributed by atoms with Crippen LogP contribution >= 0.6 is 24.0 Å². The van der Waals surface area contributed by atoms with Crippen molar-refractivity contribution in [2.75, 3.05) is 33.8 Å². The summed E-state index contributed by atoms with van der Waals surface area (Å²) in [6, 6.07) is 12.3. The molecule has 6 nitrogen and oxygen atoms in total. The first-order chi connectivity index (χ1) is 14.7. The third kappa shape index (κ3) is 8.56. The fourth-order valence-electron chi connectivity index (χ4n) is 2.68. The first-order valence-electron chi connectivity index (χ1n) is 9.84. The van der Waals surface area contributed by atoms with Crippen LogP contribution in [-0.4, -0.2) is 50.6 Å². The Morgan fingerprint density at radius 3 is 2.31 bits per heavy atom. The smallest absolute Gasteiger partial charge is 0.419 e. The molecule has 0 bridgehead atoms. The van der Waals surface area contributed by atoms with E-state index in [1.54, 1.807) is 26.2 Å². The lowest BCUT2D eigenvalue weighted by molar-refractivity contribution is -0.138. The largest absolute Gasteiger partial charge is 0.491 e. The van der Waals surface area contributed by atoms with E-state index < -0.39 is 11.7 Å². The number of aliphatic imine (C=N–C) groups is 1. The number of carbonyl (C=O) groups excluding carboxylic acids is 1. The quantitative estimate of drug-likeness (QED) is 0.219. The molecule has 0 fully saturated rings. The molecule has 1 amide bonds. The predicted octanol–water partition coefficient (Wildman–Crippen LogP) is 4.16. The van der Waals surface area contributed by atoms with E-state index in [2.05, 4.69) is 15.6 Å². The molecule has 10 heteroatoms. The number of guanidine groups is 1. The molecule has 0 spiro atoms. The molecule has 0 atom stereocenters. The average Bonchev–Trinajstić information content (AvgIpc) is 2.74. The van der Waals surface area contributed by atoms with Crippen molar-refractivity contribution in [3.8, 4) is 5.75 Å². The summed E-state index contributed by atoms with van der Waals surface area (Å²) in [6.45, 7) is 3.23. The van der Waals surface area contributed by atoms with Gasteiger partial charge in [-0.3, -0.25) is 4.79 Å². The highest BCUT2D eigenvalue weighted by molar-refractivity contribution is 14.0. The number of nitrogens with one attached hydrogen (secondary N) is 2. The molecule has 0 aliphatic rings. The zero-order valence-corrected chi connectivity index (χ0v) is 20.5. The molecule has 0 aliphatic heterocycles. The molecule has 0 heterocycles. The van der Waals surface area contributed by atoms with Crippen LogP contribution in [0, 0.1) is 0 Å². The Kier molecular flexibility index (Phi) is 11.3. The second kappa shape index (κ2) is 13.1. The maximum Gasteiger partial charge on any atom is 0.419 e. The maximum atomic E-state index is 13.0. The molecule has 2 aromatic carbocycles. The van der Waals surface area contributed by atoms with Crippen molar-refractivity contribution in [2.24, 2.45) is 4.99 Å². The minimum absolute atomic E-state index is 0. The van der Waals surface area contributed by atoms with E-state index >= 15 is 0 Å². The number of para-hydroxylation sites is 1. The molecule has 176 valence electrons. The molecule has 32 heavy (non-hydrogen) atoms. The molecule has 0 saturated carbocycles. The Hall–Kier alpha value is -2.50.